The van der Waals surface area contributed by atoms with Gasteiger partial charge in [-0.2, -0.15) is 0 Å². The van der Waals surface area contributed by atoms with Gasteiger partial charge in [0.2, 0.25) is 0 Å². The summed E-state index contributed by atoms with van der Waals surface area (Å²) in [5.74, 6) is 0. The van der Waals surface area contributed by atoms with Crippen molar-refractivity contribution in [3.63, 3.8) is 0 Å². The van der Waals surface area contributed by atoms with Gasteiger partial charge < -0.3 is 0 Å². The van der Waals surface area contributed by atoms with Crippen LogP contribution in [0, 0.1) is 0 Å². The molecule has 4 heteroatoms. The van der Waals surface area contributed by atoms with Crippen molar-refractivity contribution in [2.45, 2.75) is 13.1 Å². The average molecular weight is 413 g/mol. The zero-order valence-corrected chi connectivity index (χ0v) is 16.1. The van der Waals surface area contributed by atoms with E-state index in [2.05, 4.69) is 74.4 Å². The maximum atomic E-state index is 11.1. The zero-order chi connectivity index (χ0) is 16.1. The van der Waals surface area contributed by atoms with Gasteiger partial charge >= 0.3 is 141 Å². The Morgan fingerprint density at radius 1 is 0.727 bits per heavy atom. The summed E-state index contributed by atoms with van der Waals surface area (Å²) < 4.78 is 13.4. The molecule has 3 nitrogen and oxygen atoms in total. The molecule has 0 aliphatic carbocycles. The molecule has 118 valence electrons. The van der Waals surface area contributed by atoms with Gasteiger partial charge in [0.1, 0.15) is 0 Å². The van der Waals surface area contributed by atoms with Crippen LogP contribution in [0.5, 0.6) is 0 Å². The van der Waals surface area contributed by atoms with Crippen molar-refractivity contribution in [2.24, 2.45) is 0 Å². The predicted octanol–water partition coefficient (Wildman–Crippen LogP) is 0.908. The molecule has 0 bridgehead atoms. The van der Waals surface area contributed by atoms with Crippen molar-refractivity contribution < 1.29 is 3.47 Å². The van der Waals surface area contributed by atoms with Crippen LogP contribution in [0.1, 0.15) is 11.1 Å². The summed E-state index contributed by atoms with van der Waals surface area (Å²) >= 11 is -2.52. The first-order valence-electron chi connectivity index (χ1n) is 7.37. The monoisotopic (exact) mass is 415 g/mol. The van der Waals surface area contributed by atoms with Crippen molar-refractivity contribution in [1.29, 1.82) is 0 Å². The molecule has 0 atom stereocenters. The van der Waals surface area contributed by atoms with Gasteiger partial charge in [-0.3, -0.25) is 0 Å². The van der Waals surface area contributed by atoms with Gasteiger partial charge in [-0.1, -0.05) is 0 Å². The van der Waals surface area contributed by atoms with Crippen LogP contribution in [0.4, 0.5) is 0 Å². The molecule has 0 radical (unpaired) electrons. The van der Waals surface area contributed by atoms with Gasteiger partial charge in [0, 0.05) is 0 Å². The summed E-state index contributed by atoms with van der Waals surface area (Å²) in [6, 6.07) is 16.6. The van der Waals surface area contributed by atoms with Crippen LogP contribution in [-0.2, 0) is 13.1 Å². The molecule has 0 aromatic heterocycles. The van der Waals surface area contributed by atoms with E-state index in [-0.39, 0.29) is 0 Å². The molecule has 0 aliphatic rings. The minimum atomic E-state index is -2.52. The molecule has 2 aromatic rings. The Balaban J connectivity index is 2.38. The SMILES string of the molecule is CN(C)Cc1ccccc1[Te+](O)c1ccccc1CN(C)C. The van der Waals surface area contributed by atoms with Gasteiger partial charge in [-0.15, -0.1) is 0 Å². The van der Waals surface area contributed by atoms with Gasteiger partial charge in [-0.05, 0) is 0 Å². The van der Waals surface area contributed by atoms with E-state index in [1.165, 1.54) is 11.1 Å². The van der Waals surface area contributed by atoms with Gasteiger partial charge in [0.15, 0.2) is 0 Å². The van der Waals surface area contributed by atoms with E-state index >= 15 is 0 Å². The van der Waals surface area contributed by atoms with E-state index in [0.717, 1.165) is 20.3 Å². The molecule has 0 spiro atoms. The first-order valence-corrected chi connectivity index (χ1v) is 10.7. The quantitative estimate of drug-likeness (QED) is 0.714. The van der Waals surface area contributed by atoms with Crippen molar-refractivity contribution in [3.05, 3.63) is 59.7 Å². The molecule has 2 aromatic carbocycles. The van der Waals surface area contributed by atoms with Crippen LogP contribution < -0.4 is 7.22 Å². The molecular weight excluding hydrogens is 388 g/mol. The zero-order valence-electron chi connectivity index (χ0n) is 13.8. The van der Waals surface area contributed by atoms with Crippen LogP contribution in [0.15, 0.2) is 48.5 Å². The van der Waals surface area contributed by atoms with Crippen molar-refractivity contribution in [3.8, 4) is 0 Å². The van der Waals surface area contributed by atoms with Crippen LogP contribution in [-0.4, -0.2) is 61.4 Å². The first kappa shape index (κ1) is 17.5. The van der Waals surface area contributed by atoms with Crippen LogP contribution in [0.3, 0.4) is 0 Å². The number of rotatable bonds is 6. The van der Waals surface area contributed by atoms with Gasteiger partial charge in [0.05, 0.1) is 0 Å². The number of hydrogen-bond acceptors (Lipinski definition) is 3. The molecule has 0 heterocycles. The third-order valence-electron chi connectivity index (χ3n) is 3.33. The second kappa shape index (κ2) is 8.10. The maximum absolute atomic E-state index is 11.1. The molecule has 0 aliphatic heterocycles. The fourth-order valence-corrected chi connectivity index (χ4v) is 6.48. The van der Waals surface area contributed by atoms with Gasteiger partial charge in [-0.25, -0.2) is 0 Å². The van der Waals surface area contributed by atoms with E-state index < -0.39 is 20.0 Å². The molecule has 0 amide bonds. The molecule has 0 saturated heterocycles. The molecule has 0 unspecified atom stereocenters. The molecule has 2 rings (SSSR count). The first-order chi connectivity index (χ1) is 10.5. The second-order valence-electron chi connectivity index (χ2n) is 5.98. The van der Waals surface area contributed by atoms with Crippen LogP contribution >= 0.6 is 0 Å². The third kappa shape index (κ3) is 4.55. The van der Waals surface area contributed by atoms with E-state index in [4.69, 9.17) is 0 Å². The summed E-state index contributed by atoms with van der Waals surface area (Å²) in [6.45, 7) is 1.73. The summed E-state index contributed by atoms with van der Waals surface area (Å²) in [7, 11) is 8.25. The van der Waals surface area contributed by atoms with Crippen LogP contribution in [0.25, 0.3) is 0 Å². The molecule has 0 fully saturated rings. The van der Waals surface area contributed by atoms with Crippen LogP contribution in [0.2, 0.25) is 0 Å². The van der Waals surface area contributed by atoms with Crippen molar-refractivity contribution in [2.75, 3.05) is 28.2 Å². The summed E-state index contributed by atoms with van der Waals surface area (Å²) in [6.07, 6.45) is 0. The Labute approximate surface area is 141 Å². The van der Waals surface area contributed by atoms with Crippen molar-refractivity contribution in [1.82, 2.24) is 9.80 Å². The number of nitrogens with zero attached hydrogens (tertiary/aromatic N) is 2. The topological polar surface area (TPSA) is 26.7 Å². The van der Waals surface area contributed by atoms with E-state index in [1.807, 2.05) is 12.1 Å². The fourth-order valence-electron chi connectivity index (χ4n) is 2.45. The second-order valence-corrected chi connectivity index (χ2v) is 10.1. The Morgan fingerprint density at radius 2 is 1.09 bits per heavy atom. The van der Waals surface area contributed by atoms with E-state index in [0.29, 0.717) is 0 Å². The molecular formula is C18H25N2OTe+. The average Bonchev–Trinajstić information content (AvgIpc) is 2.46. The van der Waals surface area contributed by atoms with E-state index in [1.54, 1.807) is 0 Å². The Morgan fingerprint density at radius 3 is 1.45 bits per heavy atom. The van der Waals surface area contributed by atoms with E-state index in [9.17, 15) is 3.47 Å². The molecule has 0 saturated carbocycles. The van der Waals surface area contributed by atoms with Crippen molar-refractivity contribution >= 4 is 27.2 Å². The summed E-state index contributed by atoms with van der Waals surface area (Å²) in [5, 5.41) is 0. The third-order valence-corrected chi connectivity index (χ3v) is 7.99. The summed E-state index contributed by atoms with van der Waals surface area (Å²) in [5.41, 5.74) is 2.48. The Kier molecular flexibility index (Phi) is 6.43. The van der Waals surface area contributed by atoms with Gasteiger partial charge in [0.25, 0.3) is 0 Å². The predicted molar refractivity (Wildman–Crippen MR) is 94.9 cm³/mol. The number of benzene rings is 2. The fraction of sp³-hybridized carbons (Fsp3) is 0.333. The standard InChI is InChI=1S/C18H25N2OTe/c1-19(2)13-15-9-5-7-11-17(15)22(21)18-12-8-6-10-16(18)14-20(3)4/h5-12,21H,13-14H2,1-4H3/q+1. The molecule has 1 N–H and O–H groups in total. The Bertz CT molecular complexity index is 560. The minimum absolute atomic E-state index is 0.865. The number of hydrogen-bond donors (Lipinski definition) is 1. The Hall–Kier alpha value is -0.890. The molecule has 22 heavy (non-hydrogen) atoms. The summed E-state index contributed by atoms with van der Waals surface area (Å²) in [4.78, 5) is 4.30. The normalized spacial score (nSPS) is 11.6.